The highest BCUT2D eigenvalue weighted by Crippen LogP contribution is 2.34. The fraction of sp³-hybridized carbons (Fsp3) is 0.412. The van der Waals surface area contributed by atoms with Crippen molar-refractivity contribution < 1.29 is 22.7 Å². The van der Waals surface area contributed by atoms with Crippen LogP contribution in [0.3, 0.4) is 0 Å². The Balaban J connectivity index is 1.76. The van der Waals surface area contributed by atoms with Crippen LogP contribution < -0.4 is 5.32 Å². The number of carbonyl (C=O) groups excluding carboxylic acids is 1. The summed E-state index contributed by atoms with van der Waals surface area (Å²) in [6.45, 7) is 2.96. The van der Waals surface area contributed by atoms with Crippen molar-refractivity contribution in [1.29, 1.82) is 0 Å². The van der Waals surface area contributed by atoms with Crippen molar-refractivity contribution >= 4 is 22.4 Å². The van der Waals surface area contributed by atoms with Crippen LogP contribution in [0.2, 0.25) is 0 Å². The molecule has 0 bridgehead atoms. The van der Waals surface area contributed by atoms with E-state index in [0.717, 1.165) is 12.1 Å². The van der Waals surface area contributed by atoms with Crippen molar-refractivity contribution in [2.24, 2.45) is 5.41 Å². The fourth-order valence-corrected chi connectivity index (χ4v) is 3.33. The van der Waals surface area contributed by atoms with Gasteiger partial charge in [0.15, 0.2) is 5.13 Å². The second-order valence-corrected chi connectivity index (χ2v) is 7.10. The summed E-state index contributed by atoms with van der Waals surface area (Å²) in [6, 6.07) is 4.99. The lowest BCUT2D eigenvalue weighted by atomic mass is 9.81. The number of aromatic nitrogens is 1. The zero-order chi connectivity index (χ0) is 18.1. The molecule has 1 amide bonds. The third kappa shape index (κ3) is 4.01. The molecule has 8 heteroatoms. The molecule has 25 heavy (non-hydrogen) atoms. The highest BCUT2D eigenvalue weighted by atomic mass is 32.1. The number of ether oxygens (including phenoxy) is 1. The molecule has 2 heterocycles. The Kier molecular flexibility index (Phi) is 4.83. The molecule has 1 aromatic heterocycles. The molecule has 1 aliphatic rings. The van der Waals surface area contributed by atoms with Crippen LogP contribution in [0, 0.1) is 5.41 Å². The van der Waals surface area contributed by atoms with Crippen molar-refractivity contribution in [3.63, 3.8) is 0 Å². The Labute approximate surface area is 147 Å². The Morgan fingerprint density at radius 3 is 2.72 bits per heavy atom. The number of thiazole rings is 1. The van der Waals surface area contributed by atoms with Crippen LogP contribution in [-0.2, 0) is 15.7 Å². The molecule has 2 aromatic rings. The van der Waals surface area contributed by atoms with E-state index in [1.807, 2.05) is 6.92 Å². The highest BCUT2D eigenvalue weighted by Gasteiger charge is 2.35. The lowest BCUT2D eigenvalue weighted by Gasteiger charge is -2.31. The van der Waals surface area contributed by atoms with E-state index in [2.05, 4.69) is 10.3 Å². The Morgan fingerprint density at radius 1 is 1.32 bits per heavy atom. The van der Waals surface area contributed by atoms with Crippen LogP contribution in [0.1, 0.15) is 25.3 Å². The minimum Gasteiger partial charge on any atom is -0.381 e. The predicted octanol–water partition coefficient (Wildman–Crippen LogP) is 4.58. The summed E-state index contributed by atoms with van der Waals surface area (Å²) < 4.78 is 43.8. The lowest BCUT2D eigenvalue weighted by Crippen LogP contribution is -2.38. The molecular weight excluding hydrogens is 353 g/mol. The van der Waals surface area contributed by atoms with Gasteiger partial charge in [-0.3, -0.25) is 4.79 Å². The van der Waals surface area contributed by atoms with Crippen molar-refractivity contribution in [3.8, 4) is 11.3 Å². The van der Waals surface area contributed by atoms with E-state index in [-0.39, 0.29) is 5.91 Å². The van der Waals surface area contributed by atoms with Gasteiger partial charge in [-0.15, -0.1) is 11.3 Å². The molecule has 1 N–H and O–H groups in total. The number of halogens is 3. The number of hydrogen-bond donors (Lipinski definition) is 1. The summed E-state index contributed by atoms with van der Waals surface area (Å²) in [6.07, 6.45) is -3.14. The van der Waals surface area contributed by atoms with Gasteiger partial charge < -0.3 is 10.1 Å². The van der Waals surface area contributed by atoms with Crippen LogP contribution in [-0.4, -0.2) is 24.1 Å². The zero-order valence-electron chi connectivity index (χ0n) is 13.5. The number of hydrogen-bond acceptors (Lipinski definition) is 4. The molecule has 0 spiro atoms. The van der Waals surface area contributed by atoms with E-state index in [1.165, 1.54) is 17.4 Å². The third-order valence-corrected chi connectivity index (χ3v) is 5.11. The molecule has 1 saturated heterocycles. The first-order valence-corrected chi connectivity index (χ1v) is 8.68. The van der Waals surface area contributed by atoms with E-state index in [9.17, 15) is 18.0 Å². The van der Waals surface area contributed by atoms with Crippen molar-refractivity contribution in [2.45, 2.75) is 25.9 Å². The first-order valence-electron chi connectivity index (χ1n) is 7.80. The van der Waals surface area contributed by atoms with Gasteiger partial charge in [0.25, 0.3) is 0 Å². The molecule has 0 radical (unpaired) electrons. The molecule has 0 aliphatic carbocycles. The van der Waals surface area contributed by atoms with Gasteiger partial charge in [-0.1, -0.05) is 19.1 Å². The van der Waals surface area contributed by atoms with Crippen molar-refractivity contribution in [1.82, 2.24) is 4.98 Å². The standard InChI is InChI=1S/C17H17F3N2O2S/c1-16(5-7-24-8-6-16)14(23)22-15-21-13(10-25-15)11-3-2-4-12(9-11)17(18,19)20/h2-4,9-10H,5-8H2,1H3,(H,21,22,23). The first kappa shape index (κ1) is 17.9. The molecule has 1 fully saturated rings. The topological polar surface area (TPSA) is 51.2 Å². The van der Waals surface area contributed by atoms with Gasteiger partial charge in [0.1, 0.15) is 0 Å². The van der Waals surface area contributed by atoms with E-state index >= 15 is 0 Å². The quantitative estimate of drug-likeness (QED) is 0.860. The van der Waals surface area contributed by atoms with E-state index in [0.29, 0.717) is 42.4 Å². The molecule has 3 rings (SSSR count). The van der Waals surface area contributed by atoms with E-state index in [4.69, 9.17) is 4.74 Å². The average Bonchev–Trinajstić information content (AvgIpc) is 3.03. The number of anilines is 1. The molecule has 0 unspecified atom stereocenters. The van der Waals surface area contributed by atoms with Crippen LogP contribution >= 0.6 is 11.3 Å². The minimum absolute atomic E-state index is 0.138. The van der Waals surface area contributed by atoms with Gasteiger partial charge >= 0.3 is 6.18 Å². The molecule has 134 valence electrons. The second kappa shape index (κ2) is 6.76. The highest BCUT2D eigenvalue weighted by molar-refractivity contribution is 7.14. The maximum atomic E-state index is 12.8. The van der Waals surface area contributed by atoms with Crippen LogP contribution in [0.5, 0.6) is 0 Å². The van der Waals surface area contributed by atoms with Crippen LogP contribution in [0.25, 0.3) is 11.3 Å². The maximum absolute atomic E-state index is 12.8. The number of nitrogens with one attached hydrogen (secondary N) is 1. The van der Waals surface area contributed by atoms with E-state index in [1.54, 1.807) is 11.4 Å². The molecule has 0 atom stereocenters. The van der Waals surface area contributed by atoms with Crippen molar-refractivity contribution in [3.05, 3.63) is 35.2 Å². The monoisotopic (exact) mass is 370 g/mol. The summed E-state index contributed by atoms with van der Waals surface area (Å²) in [5.74, 6) is -0.138. The average molecular weight is 370 g/mol. The maximum Gasteiger partial charge on any atom is 0.416 e. The molecule has 1 aromatic carbocycles. The zero-order valence-corrected chi connectivity index (χ0v) is 14.3. The predicted molar refractivity (Wildman–Crippen MR) is 89.3 cm³/mol. The molecular formula is C17H17F3N2O2S. The van der Waals surface area contributed by atoms with Crippen molar-refractivity contribution in [2.75, 3.05) is 18.5 Å². The number of amides is 1. The number of nitrogens with zero attached hydrogens (tertiary/aromatic N) is 1. The van der Waals surface area contributed by atoms with E-state index < -0.39 is 17.2 Å². The third-order valence-electron chi connectivity index (χ3n) is 4.35. The number of rotatable bonds is 3. The van der Waals surface area contributed by atoms with Gasteiger partial charge in [0, 0.05) is 24.2 Å². The van der Waals surface area contributed by atoms with Crippen LogP contribution in [0.15, 0.2) is 29.6 Å². The largest absolute Gasteiger partial charge is 0.416 e. The summed E-state index contributed by atoms with van der Waals surface area (Å²) in [5, 5.41) is 4.79. The number of carbonyl (C=O) groups is 1. The van der Waals surface area contributed by atoms with Gasteiger partial charge in [-0.25, -0.2) is 4.98 Å². The SMILES string of the molecule is CC1(C(=O)Nc2nc(-c3cccc(C(F)(F)F)c3)cs2)CCOCC1. The number of benzene rings is 1. The summed E-state index contributed by atoms with van der Waals surface area (Å²) in [7, 11) is 0. The van der Waals surface area contributed by atoms with Gasteiger partial charge in [-0.2, -0.15) is 13.2 Å². The smallest absolute Gasteiger partial charge is 0.381 e. The van der Waals surface area contributed by atoms with Gasteiger partial charge in [0.05, 0.1) is 16.7 Å². The minimum atomic E-state index is -4.40. The normalized spacial score (nSPS) is 17.3. The summed E-state index contributed by atoms with van der Waals surface area (Å²) in [4.78, 5) is 16.7. The lowest BCUT2D eigenvalue weighted by molar-refractivity contribution is -0.137. The molecule has 1 aliphatic heterocycles. The fourth-order valence-electron chi connectivity index (χ4n) is 2.62. The Bertz CT molecular complexity index is 767. The second-order valence-electron chi connectivity index (χ2n) is 6.24. The molecule has 0 saturated carbocycles. The van der Waals surface area contributed by atoms with Gasteiger partial charge in [-0.05, 0) is 25.0 Å². The number of alkyl halides is 3. The molecule has 4 nitrogen and oxygen atoms in total. The summed E-state index contributed by atoms with van der Waals surface area (Å²) >= 11 is 1.19. The Hall–Kier alpha value is -1.93. The summed E-state index contributed by atoms with van der Waals surface area (Å²) in [5.41, 5.74) is -0.467. The van der Waals surface area contributed by atoms with Crippen LogP contribution in [0.4, 0.5) is 18.3 Å². The van der Waals surface area contributed by atoms with Gasteiger partial charge in [0.2, 0.25) is 5.91 Å². The Morgan fingerprint density at radius 2 is 2.04 bits per heavy atom. The first-order chi connectivity index (χ1) is 11.8.